The molecule has 0 rings (SSSR count). The molecule has 0 saturated carbocycles. The average Bonchev–Trinajstić information content (AvgIpc) is 2.02. The summed E-state index contributed by atoms with van der Waals surface area (Å²) in [6.45, 7) is 4.49. The molecule has 0 aromatic carbocycles. The number of carboxylic acid groups (broad SMARTS) is 1. The second-order valence-electron chi connectivity index (χ2n) is 2.71. The van der Waals surface area contributed by atoms with Crippen molar-refractivity contribution in [2.24, 2.45) is 0 Å². The largest absolute Gasteiger partial charge is 0.480 e. The first-order valence-electron chi connectivity index (χ1n) is 4.30. The molecule has 0 heterocycles. The number of rotatable bonds is 8. The molecule has 12 heavy (non-hydrogen) atoms. The van der Waals surface area contributed by atoms with E-state index < -0.39 is 5.97 Å². The van der Waals surface area contributed by atoms with E-state index in [9.17, 15) is 4.79 Å². The molecule has 0 amide bonds. The van der Waals surface area contributed by atoms with Gasteiger partial charge in [-0.3, -0.25) is 4.79 Å². The molecule has 3 nitrogen and oxygen atoms in total. The highest BCUT2D eigenvalue weighted by atomic mass is 16.4. The zero-order chi connectivity index (χ0) is 9.23. The molecule has 0 aromatic rings. The summed E-state index contributed by atoms with van der Waals surface area (Å²) < 4.78 is 0. The van der Waals surface area contributed by atoms with Gasteiger partial charge in [-0.05, 0) is 25.8 Å². The first-order valence-corrected chi connectivity index (χ1v) is 4.30. The van der Waals surface area contributed by atoms with Crippen LogP contribution in [0.3, 0.4) is 0 Å². The Bertz CT molecular complexity index is 134. The molecule has 0 aliphatic rings. The van der Waals surface area contributed by atoms with E-state index in [-0.39, 0.29) is 6.54 Å². The summed E-state index contributed by atoms with van der Waals surface area (Å²) >= 11 is 0. The first-order chi connectivity index (χ1) is 5.77. The molecule has 3 heteroatoms. The summed E-state index contributed by atoms with van der Waals surface area (Å²) in [6, 6.07) is 0. The predicted octanol–water partition coefficient (Wildman–Crippen LogP) is 1.41. The number of hydrogen-bond donors (Lipinski definition) is 2. The van der Waals surface area contributed by atoms with Crippen LogP contribution in [-0.2, 0) is 4.79 Å². The summed E-state index contributed by atoms with van der Waals surface area (Å²) in [5.41, 5.74) is 0. The lowest BCUT2D eigenvalue weighted by molar-refractivity contribution is -0.135. The number of hydrogen-bond acceptors (Lipinski definition) is 2. The zero-order valence-corrected chi connectivity index (χ0v) is 7.38. The highest BCUT2D eigenvalue weighted by Gasteiger charge is 1.93. The molecule has 0 aliphatic carbocycles. The normalized spacial score (nSPS) is 9.67. The Morgan fingerprint density at radius 3 is 2.75 bits per heavy atom. The standard InChI is InChI=1S/C9H17NO2/c1-2-3-4-5-6-7-10-8-9(11)12/h2,10H,1,3-8H2,(H,11,12). The molecule has 0 fully saturated rings. The maximum Gasteiger partial charge on any atom is 0.317 e. The summed E-state index contributed by atoms with van der Waals surface area (Å²) in [5.74, 6) is -0.791. The van der Waals surface area contributed by atoms with Crippen molar-refractivity contribution in [1.29, 1.82) is 0 Å². The van der Waals surface area contributed by atoms with E-state index in [2.05, 4.69) is 11.9 Å². The van der Waals surface area contributed by atoms with Gasteiger partial charge in [0.25, 0.3) is 0 Å². The van der Waals surface area contributed by atoms with Gasteiger partial charge in [0.05, 0.1) is 6.54 Å². The van der Waals surface area contributed by atoms with Crippen LogP contribution >= 0.6 is 0 Å². The summed E-state index contributed by atoms with van der Waals surface area (Å²) in [4.78, 5) is 10.1. The van der Waals surface area contributed by atoms with Crippen molar-refractivity contribution < 1.29 is 9.90 Å². The van der Waals surface area contributed by atoms with Crippen molar-refractivity contribution in [3.8, 4) is 0 Å². The van der Waals surface area contributed by atoms with Crippen LogP contribution in [0.4, 0.5) is 0 Å². The van der Waals surface area contributed by atoms with Gasteiger partial charge in [-0.2, -0.15) is 0 Å². The van der Waals surface area contributed by atoms with E-state index in [0.717, 1.165) is 32.2 Å². The minimum atomic E-state index is -0.791. The van der Waals surface area contributed by atoms with Crippen LogP contribution < -0.4 is 5.32 Å². The SMILES string of the molecule is C=CCCCCCNCC(=O)O. The van der Waals surface area contributed by atoms with Gasteiger partial charge in [0.15, 0.2) is 0 Å². The molecular weight excluding hydrogens is 154 g/mol. The lowest BCUT2D eigenvalue weighted by Gasteiger charge is -2.00. The van der Waals surface area contributed by atoms with Gasteiger partial charge >= 0.3 is 5.97 Å². The maximum absolute atomic E-state index is 10.1. The molecule has 0 radical (unpaired) electrons. The van der Waals surface area contributed by atoms with Crippen LogP contribution in [0.15, 0.2) is 12.7 Å². The summed E-state index contributed by atoms with van der Waals surface area (Å²) in [7, 11) is 0. The van der Waals surface area contributed by atoms with E-state index in [4.69, 9.17) is 5.11 Å². The summed E-state index contributed by atoms with van der Waals surface area (Å²) in [6.07, 6.45) is 6.29. The molecule has 0 atom stereocenters. The number of aliphatic carboxylic acids is 1. The van der Waals surface area contributed by atoms with Crippen LogP contribution in [-0.4, -0.2) is 24.2 Å². The smallest absolute Gasteiger partial charge is 0.317 e. The minimum absolute atomic E-state index is 0.0709. The average molecular weight is 171 g/mol. The third-order valence-electron chi connectivity index (χ3n) is 1.54. The van der Waals surface area contributed by atoms with Crippen LogP contribution in [0.2, 0.25) is 0 Å². The fourth-order valence-corrected chi connectivity index (χ4v) is 0.911. The molecule has 0 unspecified atom stereocenters. The van der Waals surface area contributed by atoms with Gasteiger partial charge in [-0.15, -0.1) is 6.58 Å². The lowest BCUT2D eigenvalue weighted by Crippen LogP contribution is -2.23. The van der Waals surface area contributed by atoms with E-state index >= 15 is 0 Å². The fraction of sp³-hybridized carbons (Fsp3) is 0.667. The number of unbranched alkanes of at least 4 members (excludes halogenated alkanes) is 3. The topological polar surface area (TPSA) is 49.3 Å². The van der Waals surface area contributed by atoms with Crippen molar-refractivity contribution >= 4 is 5.97 Å². The Balaban J connectivity index is 2.90. The van der Waals surface area contributed by atoms with Crippen LogP contribution in [0.25, 0.3) is 0 Å². The quantitative estimate of drug-likeness (QED) is 0.429. The predicted molar refractivity (Wildman–Crippen MR) is 49.2 cm³/mol. The Kier molecular flexibility index (Phi) is 7.70. The van der Waals surface area contributed by atoms with Crippen molar-refractivity contribution in [1.82, 2.24) is 5.32 Å². The summed E-state index contributed by atoms with van der Waals surface area (Å²) in [5, 5.41) is 11.1. The molecule has 0 aliphatic heterocycles. The molecule has 0 spiro atoms. The highest BCUT2D eigenvalue weighted by Crippen LogP contribution is 1.98. The highest BCUT2D eigenvalue weighted by molar-refractivity contribution is 5.68. The Morgan fingerprint density at radius 1 is 1.42 bits per heavy atom. The Labute approximate surface area is 73.5 Å². The second kappa shape index (κ2) is 8.27. The van der Waals surface area contributed by atoms with Crippen LogP contribution in [0, 0.1) is 0 Å². The monoisotopic (exact) mass is 171 g/mol. The molecule has 2 N–H and O–H groups in total. The number of nitrogens with one attached hydrogen (secondary N) is 1. The maximum atomic E-state index is 10.1. The third kappa shape index (κ3) is 9.17. The minimum Gasteiger partial charge on any atom is -0.480 e. The van der Waals surface area contributed by atoms with Crippen molar-refractivity contribution in [2.45, 2.75) is 25.7 Å². The number of allylic oxidation sites excluding steroid dienone is 1. The van der Waals surface area contributed by atoms with Crippen LogP contribution in [0.1, 0.15) is 25.7 Å². The number of carboxylic acids is 1. The molecular formula is C9H17NO2. The molecule has 0 bridgehead atoms. The van der Waals surface area contributed by atoms with E-state index in [1.165, 1.54) is 0 Å². The van der Waals surface area contributed by atoms with Gasteiger partial charge in [0.1, 0.15) is 0 Å². The fourth-order valence-electron chi connectivity index (χ4n) is 0.911. The van der Waals surface area contributed by atoms with Crippen molar-refractivity contribution in [3.63, 3.8) is 0 Å². The van der Waals surface area contributed by atoms with Crippen LogP contribution in [0.5, 0.6) is 0 Å². The van der Waals surface area contributed by atoms with E-state index in [1.54, 1.807) is 0 Å². The first kappa shape index (κ1) is 11.2. The van der Waals surface area contributed by atoms with Gasteiger partial charge in [-0.1, -0.05) is 12.5 Å². The second-order valence-corrected chi connectivity index (χ2v) is 2.71. The Morgan fingerprint density at radius 2 is 2.17 bits per heavy atom. The lowest BCUT2D eigenvalue weighted by atomic mass is 10.2. The molecule has 70 valence electrons. The van der Waals surface area contributed by atoms with E-state index in [1.807, 2.05) is 6.08 Å². The van der Waals surface area contributed by atoms with E-state index in [0.29, 0.717) is 0 Å². The van der Waals surface area contributed by atoms with Crippen molar-refractivity contribution in [2.75, 3.05) is 13.1 Å². The number of carbonyl (C=O) groups is 1. The Hall–Kier alpha value is -0.830. The zero-order valence-electron chi connectivity index (χ0n) is 7.38. The van der Waals surface area contributed by atoms with Gasteiger partial charge < -0.3 is 10.4 Å². The molecule has 0 saturated heterocycles. The third-order valence-corrected chi connectivity index (χ3v) is 1.54. The van der Waals surface area contributed by atoms with Crippen molar-refractivity contribution in [3.05, 3.63) is 12.7 Å². The molecule has 0 aromatic heterocycles. The van der Waals surface area contributed by atoms with Gasteiger partial charge in [-0.25, -0.2) is 0 Å². The van der Waals surface area contributed by atoms with Gasteiger partial charge in [0, 0.05) is 0 Å². The van der Waals surface area contributed by atoms with Gasteiger partial charge in [0.2, 0.25) is 0 Å².